The van der Waals surface area contributed by atoms with Gasteiger partial charge in [0, 0.05) is 30.7 Å². The molecule has 0 fully saturated rings. The van der Waals surface area contributed by atoms with Crippen LogP contribution in [0.3, 0.4) is 0 Å². The first kappa shape index (κ1) is 24.1. The molecule has 0 aliphatic carbocycles. The quantitative estimate of drug-likeness (QED) is 0.332. The van der Waals surface area contributed by atoms with Gasteiger partial charge in [-0.3, -0.25) is 0 Å². The van der Waals surface area contributed by atoms with Crippen LogP contribution in [0.5, 0.6) is 17.2 Å². The topological polar surface area (TPSA) is 42.5 Å². The molecule has 0 saturated carbocycles. The minimum absolute atomic E-state index is 0.383. The second kappa shape index (κ2) is 12.5. The van der Waals surface area contributed by atoms with Gasteiger partial charge in [-0.1, -0.05) is 49.7 Å². The number of rotatable bonds is 12. The second-order valence-electron chi connectivity index (χ2n) is 8.39. The molecule has 32 heavy (non-hydrogen) atoms. The van der Waals surface area contributed by atoms with Crippen LogP contribution in [0.2, 0.25) is 5.02 Å². The Balaban J connectivity index is 1.52. The van der Waals surface area contributed by atoms with E-state index >= 15 is 0 Å². The Labute approximate surface area is 196 Å². The van der Waals surface area contributed by atoms with Crippen molar-refractivity contribution < 1.29 is 9.47 Å². The Kier molecular flexibility index (Phi) is 9.42. The minimum atomic E-state index is 0.383. The molecule has 0 spiro atoms. The summed E-state index contributed by atoms with van der Waals surface area (Å²) in [5.41, 5.74) is 2.45. The predicted octanol–water partition coefficient (Wildman–Crippen LogP) is 6.44. The first-order chi connectivity index (χ1) is 15.5. The summed E-state index contributed by atoms with van der Waals surface area (Å²) >= 11 is 5.96. The molecule has 0 radical (unpaired) electrons. The van der Waals surface area contributed by atoms with Gasteiger partial charge < -0.3 is 20.1 Å². The molecule has 3 aromatic rings. The lowest BCUT2D eigenvalue weighted by Gasteiger charge is -2.22. The average Bonchev–Trinajstić information content (AvgIpc) is 2.79. The molecular formula is C27H33ClN2O2. The maximum absolute atomic E-state index is 5.97. The SMILES string of the molecule is COc1ccc(CNCC(CC(C)C)NCc2cccc(Oc3ccc(Cl)cc3)c2)cc1. The molecule has 0 heterocycles. The van der Waals surface area contributed by atoms with E-state index in [0.29, 0.717) is 17.0 Å². The molecule has 4 nitrogen and oxygen atoms in total. The van der Waals surface area contributed by atoms with E-state index in [1.807, 2.05) is 48.5 Å². The Bertz CT molecular complexity index is 943. The highest BCUT2D eigenvalue weighted by Gasteiger charge is 2.11. The maximum Gasteiger partial charge on any atom is 0.127 e. The summed E-state index contributed by atoms with van der Waals surface area (Å²) in [5, 5.41) is 8.01. The monoisotopic (exact) mass is 452 g/mol. The van der Waals surface area contributed by atoms with Gasteiger partial charge in [0.1, 0.15) is 17.2 Å². The Morgan fingerprint density at radius 1 is 0.812 bits per heavy atom. The van der Waals surface area contributed by atoms with Crippen molar-refractivity contribution in [3.63, 3.8) is 0 Å². The largest absolute Gasteiger partial charge is 0.497 e. The molecule has 3 rings (SSSR count). The van der Waals surface area contributed by atoms with Crippen LogP contribution in [0.4, 0.5) is 0 Å². The number of methoxy groups -OCH3 is 1. The fourth-order valence-electron chi connectivity index (χ4n) is 3.56. The zero-order valence-corrected chi connectivity index (χ0v) is 19.9. The van der Waals surface area contributed by atoms with Crippen molar-refractivity contribution >= 4 is 11.6 Å². The van der Waals surface area contributed by atoms with Gasteiger partial charge in [-0.15, -0.1) is 0 Å². The Hall–Kier alpha value is -2.53. The van der Waals surface area contributed by atoms with E-state index in [2.05, 4.69) is 48.7 Å². The summed E-state index contributed by atoms with van der Waals surface area (Å²) in [7, 11) is 1.69. The third kappa shape index (κ3) is 8.19. The highest BCUT2D eigenvalue weighted by molar-refractivity contribution is 6.30. The lowest BCUT2D eigenvalue weighted by Crippen LogP contribution is -2.39. The van der Waals surface area contributed by atoms with Crippen LogP contribution in [0.1, 0.15) is 31.4 Å². The molecule has 0 saturated heterocycles. The first-order valence-electron chi connectivity index (χ1n) is 11.1. The minimum Gasteiger partial charge on any atom is -0.497 e. The molecule has 3 aromatic carbocycles. The highest BCUT2D eigenvalue weighted by atomic mass is 35.5. The molecule has 0 bridgehead atoms. The van der Waals surface area contributed by atoms with Crippen LogP contribution < -0.4 is 20.1 Å². The molecule has 1 atom stereocenters. The van der Waals surface area contributed by atoms with Crippen LogP contribution in [0.15, 0.2) is 72.8 Å². The van der Waals surface area contributed by atoms with Gasteiger partial charge in [-0.05, 0) is 72.0 Å². The molecule has 2 N–H and O–H groups in total. The number of halogens is 1. The van der Waals surface area contributed by atoms with Gasteiger partial charge in [-0.2, -0.15) is 0 Å². The third-order valence-electron chi connectivity index (χ3n) is 5.18. The number of nitrogens with one attached hydrogen (secondary N) is 2. The second-order valence-corrected chi connectivity index (χ2v) is 8.83. The van der Waals surface area contributed by atoms with E-state index in [1.165, 1.54) is 11.1 Å². The molecule has 5 heteroatoms. The average molecular weight is 453 g/mol. The van der Waals surface area contributed by atoms with Crippen LogP contribution >= 0.6 is 11.6 Å². The third-order valence-corrected chi connectivity index (χ3v) is 5.43. The van der Waals surface area contributed by atoms with Gasteiger partial charge in [0.25, 0.3) is 0 Å². The highest BCUT2D eigenvalue weighted by Crippen LogP contribution is 2.24. The molecule has 1 unspecified atom stereocenters. The molecule has 0 aliphatic rings. The van der Waals surface area contributed by atoms with Gasteiger partial charge in [0.2, 0.25) is 0 Å². The van der Waals surface area contributed by atoms with Crippen molar-refractivity contribution in [1.82, 2.24) is 10.6 Å². The van der Waals surface area contributed by atoms with Gasteiger partial charge in [0.15, 0.2) is 0 Å². The number of benzene rings is 3. The molecular weight excluding hydrogens is 420 g/mol. The zero-order chi connectivity index (χ0) is 22.8. The summed E-state index contributed by atoms with van der Waals surface area (Å²) < 4.78 is 11.2. The summed E-state index contributed by atoms with van der Waals surface area (Å²) in [6.07, 6.45) is 1.11. The van der Waals surface area contributed by atoms with Crippen molar-refractivity contribution in [2.75, 3.05) is 13.7 Å². The van der Waals surface area contributed by atoms with Crippen molar-refractivity contribution in [2.45, 2.75) is 39.4 Å². The van der Waals surface area contributed by atoms with Gasteiger partial charge >= 0.3 is 0 Å². The van der Waals surface area contributed by atoms with Gasteiger partial charge in [0.05, 0.1) is 7.11 Å². The maximum atomic E-state index is 5.97. The van der Waals surface area contributed by atoms with Crippen LogP contribution in [0.25, 0.3) is 0 Å². The van der Waals surface area contributed by atoms with E-state index in [0.717, 1.165) is 43.3 Å². The predicted molar refractivity (Wildman–Crippen MR) is 133 cm³/mol. The summed E-state index contributed by atoms with van der Waals surface area (Å²) in [6.45, 7) is 7.06. The van der Waals surface area contributed by atoms with E-state index in [9.17, 15) is 0 Å². The number of hydrogen-bond acceptors (Lipinski definition) is 4. The Morgan fingerprint density at radius 3 is 2.22 bits per heavy atom. The molecule has 170 valence electrons. The van der Waals surface area contributed by atoms with E-state index in [-0.39, 0.29) is 0 Å². The normalized spacial score (nSPS) is 12.0. The van der Waals surface area contributed by atoms with E-state index < -0.39 is 0 Å². The van der Waals surface area contributed by atoms with Crippen LogP contribution in [0, 0.1) is 5.92 Å². The van der Waals surface area contributed by atoms with Crippen LogP contribution in [-0.4, -0.2) is 19.7 Å². The molecule has 0 amide bonds. The number of ether oxygens (including phenoxy) is 2. The summed E-state index contributed by atoms with van der Waals surface area (Å²) in [4.78, 5) is 0. The van der Waals surface area contributed by atoms with Crippen molar-refractivity contribution in [3.05, 3.63) is 88.9 Å². The van der Waals surface area contributed by atoms with Crippen molar-refractivity contribution in [1.29, 1.82) is 0 Å². The van der Waals surface area contributed by atoms with Crippen LogP contribution in [-0.2, 0) is 13.1 Å². The van der Waals surface area contributed by atoms with E-state index in [1.54, 1.807) is 7.11 Å². The summed E-state index contributed by atoms with van der Waals surface area (Å²) in [5.74, 6) is 3.11. The summed E-state index contributed by atoms with van der Waals surface area (Å²) in [6, 6.07) is 24.2. The fraction of sp³-hybridized carbons (Fsp3) is 0.333. The lowest BCUT2D eigenvalue weighted by molar-refractivity contribution is 0.395. The van der Waals surface area contributed by atoms with Crippen molar-refractivity contribution in [3.8, 4) is 17.2 Å². The molecule has 0 aromatic heterocycles. The molecule has 0 aliphatic heterocycles. The zero-order valence-electron chi connectivity index (χ0n) is 19.1. The Morgan fingerprint density at radius 2 is 1.53 bits per heavy atom. The standard InChI is InChI=1S/C27H33ClN2O2/c1-20(2)15-24(19-29-17-21-7-11-25(31-3)12-8-21)30-18-22-5-4-6-27(16-22)32-26-13-9-23(28)10-14-26/h4-14,16,20,24,29-30H,15,17-19H2,1-3H3. The lowest BCUT2D eigenvalue weighted by atomic mass is 10.0. The first-order valence-corrected chi connectivity index (χ1v) is 11.5. The fourth-order valence-corrected chi connectivity index (χ4v) is 3.69. The number of hydrogen-bond donors (Lipinski definition) is 2. The van der Waals surface area contributed by atoms with E-state index in [4.69, 9.17) is 21.1 Å². The smallest absolute Gasteiger partial charge is 0.127 e. The van der Waals surface area contributed by atoms with Crippen molar-refractivity contribution in [2.24, 2.45) is 5.92 Å². The van der Waals surface area contributed by atoms with Gasteiger partial charge in [-0.25, -0.2) is 0 Å².